The van der Waals surface area contributed by atoms with E-state index in [9.17, 15) is 4.79 Å². The van der Waals surface area contributed by atoms with Crippen molar-refractivity contribution >= 4 is 5.91 Å². The second kappa shape index (κ2) is 7.75. The van der Waals surface area contributed by atoms with Crippen LogP contribution in [0.5, 0.6) is 0 Å². The number of rotatable bonds is 6. The summed E-state index contributed by atoms with van der Waals surface area (Å²) < 4.78 is 5.23. The Morgan fingerprint density at radius 2 is 1.80 bits per heavy atom. The van der Waals surface area contributed by atoms with Crippen LogP contribution in [0.3, 0.4) is 0 Å². The molecule has 0 atom stereocenters. The molecule has 1 aromatic heterocycles. The van der Waals surface area contributed by atoms with Crippen LogP contribution in [-0.2, 0) is 24.2 Å². The van der Waals surface area contributed by atoms with Gasteiger partial charge in [-0.25, -0.2) is 0 Å². The lowest BCUT2D eigenvalue weighted by atomic mass is 10.1. The number of aryl methyl sites for hydroxylation is 2. The molecule has 3 aromatic rings. The Kier molecular flexibility index (Phi) is 5.23. The van der Waals surface area contributed by atoms with Crippen LogP contribution in [-0.4, -0.2) is 16.0 Å². The quantitative estimate of drug-likeness (QED) is 0.749. The monoisotopic (exact) mass is 335 g/mol. The van der Waals surface area contributed by atoms with E-state index in [1.807, 2.05) is 43.3 Å². The average molecular weight is 335 g/mol. The van der Waals surface area contributed by atoms with Crippen molar-refractivity contribution in [2.45, 2.75) is 33.2 Å². The van der Waals surface area contributed by atoms with Gasteiger partial charge in [-0.05, 0) is 30.0 Å². The minimum absolute atomic E-state index is 0.0695. The number of hydrogen-bond donors (Lipinski definition) is 1. The van der Waals surface area contributed by atoms with E-state index in [0.29, 0.717) is 18.1 Å². The fourth-order valence-electron chi connectivity index (χ4n) is 2.57. The van der Waals surface area contributed by atoms with Crippen LogP contribution in [0.2, 0.25) is 0 Å². The number of carbonyl (C=O) groups is 1. The maximum atomic E-state index is 12.1. The van der Waals surface area contributed by atoms with Gasteiger partial charge < -0.3 is 9.84 Å². The first-order valence-electron chi connectivity index (χ1n) is 8.39. The summed E-state index contributed by atoms with van der Waals surface area (Å²) >= 11 is 0. The zero-order valence-corrected chi connectivity index (χ0v) is 14.5. The van der Waals surface area contributed by atoms with Gasteiger partial charge in [0.15, 0.2) is 0 Å². The van der Waals surface area contributed by atoms with Gasteiger partial charge in [-0.1, -0.05) is 60.6 Å². The minimum Gasteiger partial charge on any atom is -0.347 e. The van der Waals surface area contributed by atoms with Crippen molar-refractivity contribution in [2.75, 3.05) is 0 Å². The number of nitrogens with zero attached hydrogens (tertiary/aromatic N) is 2. The maximum absolute atomic E-state index is 12.1. The van der Waals surface area contributed by atoms with Crippen molar-refractivity contribution < 1.29 is 9.32 Å². The standard InChI is InChI=1S/C20H21N3O2/c1-3-15-8-10-16(11-9-15)12-18(24)21-13-19-22-20(23-25-19)17-7-5-4-6-14(17)2/h4-11H,3,12-13H2,1-2H3,(H,21,24). The SMILES string of the molecule is CCc1ccc(CC(=O)NCc2nc(-c3ccccc3C)no2)cc1. The minimum atomic E-state index is -0.0695. The van der Waals surface area contributed by atoms with Crippen molar-refractivity contribution in [3.8, 4) is 11.4 Å². The molecule has 1 heterocycles. The number of hydrogen-bond acceptors (Lipinski definition) is 4. The molecule has 1 amide bonds. The highest BCUT2D eigenvalue weighted by Crippen LogP contribution is 2.19. The number of nitrogens with one attached hydrogen (secondary N) is 1. The predicted molar refractivity (Wildman–Crippen MR) is 95.8 cm³/mol. The van der Waals surface area contributed by atoms with Crippen LogP contribution in [0.25, 0.3) is 11.4 Å². The smallest absolute Gasteiger partial charge is 0.246 e. The normalized spacial score (nSPS) is 10.6. The number of amides is 1. The molecule has 5 nitrogen and oxygen atoms in total. The van der Waals surface area contributed by atoms with Crippen LogP contribution >= 0.6 is 0 Å². The molecular weight excluding hydrogens is 314 g/mol. The zero-order chi connectivity index (χ0) is 17.6. The van der Waals surface area contributed by atoms with Gasteiger partial charge >= 0.3 is 0 Å². The van der Waals surface area contributed by atoms with Crippen molar-refractivity contribution in [2.24, 2.45) is 0 Å². The molecule has 5 heteroatoms. The largest absolute Gasteiger partial charge is 0.347 e. The van der Waals surface area contributed by atoms with Crippen molar-refractivity contribution in [3.05, 3.63) is 71.1 Å². The molecule has 0 spiro atoms. The summed E-state index contributed by atoms with van der Waals surface area (Å²) in [6.07, 6.45) is 1.33. The molecule has 0 fully saturated rings. The van der Waals surface area contributed by atoms with Crippen LogP contribution < -0.4 is 5.32 Å². The molecule has 0 bridgehead atoms. The van der Waals surface area contributed by atoms with Gasteiger partial charge in [-0.2, -0.15) is 4.98 Å². The first-order valence-corrected chi connectivity index (χ1v) is 8.39. The number of benzene rings is 2. The molecule has 1 N–H and O–H groups in total. The highest BCUT2D eigenvalue weighted by molar-refractivity contribution is 5.78. The molecule has 0 aliphatic carbocycles. The van der Waals surface area contributed by atoms with Crippen LogP contribution in [0.15, 0.2) is 53.1 Å². The molecule has 25 heavy (non-hydrogen) atoms. The fraction of sp³-hybridized carbons (Fsp3) is 0.250. The van der Waals surface area contributed by atoms with Crippen LogP contribution in [0.4, 0.5) is 0 Å². The number of aromatic nitrogens is 2. The first kappa shape index (κ1) is 16.9. The van der Waals surface area contributed by atoms with Gasteiger partial charge in [-0.3, -0.25) is 4.79 Å². The van der Waals surface area contributed by atoms with Gasteiger partial charge in [0.05, 0.1) is 13.0 Å². The molecule has 0 saturated carbocycles. The van der Waals surface area contributed by atoms with Gasteiger partial charge in [0.2, 0.25) is 17.6 Å². The van der Waals surface area contributed by atoms with Crippen LogP contribution in [0.1, 0.15) is 29.5 Å². The second-order valence-corrected chi connectivity index (χ2v) is 5.95. The van der Waals surface area contributed by atoms with Crippen molar-refractivity contribution in [3.63, 3.8) is 0 Å². The van der Waals surface area contributed by atoms with E-state index in [2.05, 4.69) is 34.5 Å². The Morgan fingerprint density at radius 3 is 2.52 bits per heavy atom. The van der Waals surface area contributed by atoms with Crippen molar-refractivity contribution in [1.29, 1.82) is 0 Å². The fourth-order valence-corrected chi connectivity index (χ4v) is 2.57. The summed E-state index contributed by atoms with van der Waals surface area (Å²) in [7, 11) is 0. The zero-order valence-electron chi connectivity index (χ0n) is 14.5. The van der Waals surface area contributed by atoms with Crippen LogP contribution in [0, 0.1) is 6.92 Å². The van der Waals surface area contributed by atoms with E-state index >= 15 is 0 Å². The summed E-state index contributed by atoms with van der Waals surface area (Å²) in [5, 5.41) is 6.81. The molecule has 2 aromatic carbocycles. The Morgan fingerprint density at radius 1 is 1.08 bits per heavy atom. The lowest BCUT2D eigenvalue weighted by Gasteiger charge is -2.04. The molecule has 0 radical (unpaired) electrons. The number of carbonyl (C=O) groups excluding carboxylic acids is 1. The average Bonchev–Trinajstić information content (AvgIpc) is 3.10. The van der Waals surface area contributed by atoms with Gasteiger partial charge in [0.25, 0.3) is 0 Å². The van der Waals surface area contributed by atoms with Crippen molar-refractivity contribution in [1.82, 2.24) is 15.5 Å². The molecule has 0 unspecified atom stereocenters. The molecule has 0 aliphatic rings. The van der Waals surface area contributed by atoms with E-state index in [-0.39, 0.29) is 12.5 Å². The summed E-state index contributed by atoms with van der Waals surface area (Å²) in [6, 6.07) is 15.9. The summed E-state index contributed by atoms with van der Waals surface area (Å²) in [4.78, 5) is 16.4. The molecule has 3 rings (SSSR count). The molecular formula is C20H21N3O2. The first-order chi connectivity index (χ1) is 12.2. The van der Waals surface area contributed by atoms with Gasteiger partial charge in [0, 0.05) is 5.56 Å². The Hall–Kier alpha value is -2.95. The lowest BCUT2D eigenvalue weighted by molar-refractivity contribution is -0.120. The molecule has 128 valence electrons. The molecule has 0 aliphatic heterocycles. The summed E-state index contributed by atoms with van der Waals surface area (Å²) in [5.41, 5.74) is 4.26. The van der Waals surface area contributed by atoms with E-state index in [1.54, 1.807) is 0 Å². The Labute approximate surface area is 147 Å². The summed E-state index contributed by atoms with van der Waals surface area (Å²) in [5.74, 6) is 0.866. The predicted octanol–water partition coefficient (Wildman–Crippen LogP) is 3.47. The highest BCUT2D eigenvalue weighted by atomic mass is 16.5. The van der Waals surface area contributed by atoms with Gasteiger partial charge in [0.1, 0.15) is 0 Å². The summed E-state index contributed by atoms with van der Waals surface area (Å²) in [6.45, 7) is 4.33. The Bertz CT molecular complexity index is 853. The third kappa shape index (κ3) is 4.32. The van der Waals surface area contributed by atoms with E-state index in [0.717, 1.165) is 23.1 Å². The van der Waals surface area contributed by atoms with E-state index < -0.39 is 0 Å². The highest BCUT2D eigenvalue weighted by Gasteiger charge is 2.11. The maximum Gasteiger partial charge on any atom is 0.246 e. The van der Waals surface area contributed by atoms with E-state index in [4.69, 9.17) is 4.52 Å². The topological polar surface area (TPSA) is 68.0 Å². The van der Waals surface area contributed by atoms with E-state index in [1.165, 1.54) is 5.56 Å². The Balaban J connectivity index is 1.56. The third-order valence-corrected chi connectivity index (χ3v) is 4.09. The third-order valence-electron chi connectivity index (χ3n) is 4.09. The lowest BCUT2D eigenvalue weighted by Crippen LogP contribution is -2.24. The second-order valence-electron chi connectivity index (χ2n) is 5.95. The molecule has 0 saturated heterocycles. The van der Waals surface area contributed by atoms with Gasteiger partial charge in [-0.15, -0.1) is 0 Å².